The number of nitrogens with zero attached hydrogens (tertiary/aromatic N) is 2. The Morgan fingerprint density at radius 2 is 2.18 bits per heavy atom. The minimum atomic E-state index is -0.477. The molecule has 1 aliphatic rings. The van der Waals surface area contributed by atoms with Crippen molar-refractivity contribution in [3.63, 3.8) is 0 Å². The number of hydrogen-bond acceptors (Lipinski definition) is 2. The summed E-state index contributed by atoms with van der Waals surface area (Å²) in [5.74, 6) is 1.49. The van der Waals surface area contributed by atoms with Crippen molar-refractivity contribution in [1.82, 2.24) is 9.55 Å². The van der Waals surface area contributed by atoms with Crippen molar-refractivity contribution < 1.29 is 5.11 Å². The quantitative estimate of drug-likeness (QED) is 0.896. The molecule has 1 saturated carbocycles. The largest absolute Gasteiger partial charge is 0.385 e. The number of imidazole rings is 1. The number of aliphatic hydroxyl groups is 1. The fourth-order valence-electron chi connectivity index (χ4n) is 2.71. The van der Waals surface area contributed by atoms with Crippen LogP contribution in [0.4, 0.5) is 0 Å². The highest BCUT2D eigenvalue weighted by Crippen LogP contribution is 2.30. The first-order valence-electron chi connectivity index (χ1n) is 6.53. The van der Waals surface area contributed by atoms with Gasteiger partial charge in [0.2, 0.25) is 0 Å². The third kappa shape index (κ3) is 3.23. The van der Waals surface area contributed by atoms with E-state index in [1.165, 1.54) is 32.1 Å². The second-order valence-electron chi connectivity index (χ2n) is 5.10. The van der Waals surface area contributed by atoms with Gasteiger partial charge in [0.05, 0.1) is 6.20 Å². The fraction of sp³-hybridized carbons (Fsp3) is 0.769. The number of hydrogen-bond donors (Lipinski definition) is 1. The third-order valence-electron chi connectivity index (χ3n) is 3.84. The molecule has 1 atom stereocenters. The number of halogens is 1. The first-order valence-corrected chi connectivity index (χ1v) is 6.91. The summed E-state index contributed by atoms with van der Waals surface area (Å²) < 4.78 is 1.76. The zero-order valence-corrected chi connectivity index (χ0v) is 11.2. The van der Waals surface area contributed by atoms with E-state index in [0.29, 0.717) is 11.0 Å². The van der Waals surface area contributed by atoms with Crippen molar-refractivity contribution in [2.45, 2.75) is 51.0 Å². The van der Waals surface area contributed by atoms with Crippen molar-refractivity contribution >= 4 is 11.6 Å². The van der Waals surface area contributed by atoms with E-state index in [2.05, 4.69) is 4.98 Å². The lowest BCUT2D eigenvalue weighted by atomic mass is 9.85. The van der Waals surface area contributed by atoms with E-state index in [-0.39, 0.29) is 0 Å². The van der Waals surface area contributed by atoms with Gasteiger partial charge in [0.15, 0.2) is 0 Å². The summed E-state index contributed by atoms with van der Waals surface area (Å²) >= 11 is 5.91. The standard InChI is InChI=1S/C13H21ClN2O/c1-16-12(14)9-15-13(16)11(17)8-7-10-5-3-2-4-6-10/h9-11,17H,2-8H2,1H3. The predicted molar refractivity (Wildman–Crippen MR) is 69.0 cm³/mol. The Labute approximate surface area is 108 Å². The lowest BCUT2D eigenvalue weighted by Crippen LogP contribution is -2.11. The summed E-state index contributed by atoms with van der Waals surface area (Å²) in [5.41, 5.74) is 0. The van der Waals surface area contributed by atoms with Gasteiger partial charge in [-0.2, -0.15) is 0 Å². The van der Waals surface area contributed by atoms with Crippen molar-refractivity contribution in [3.8, 4) is 0 Å². The van der Waals surface area contributed by atoms with Gasteiger partial charge >= 0.3 is 0 Å². The average Bonchev–Trinajstić information content (AvgIpc) is 2.69. The molecule has 96 valence electrons. The van der Waals surface area contributed by atoms with Crippen LogP contribution in [0.3, 0.4) is 0 Å². The summed E-state index contributed by atoms with van der Waals surface area (Å²) in [7, 11) is 1.84. The van der Waals surface area contributed by atoms with Crippen LogP contribution in [-0.2, 0) is 7.05 Å². The monoisotopic (exact) mass is 256 g/mol. The molecule has 1 aliphatic carbocycles. The van der Waals surface area contributed by atoms with Gasteiger partial charge in [-0.3, -0.25) is 0 Å². The molecular formula is C13H21ClN2O. The molecule has 0 aromatic carbocycles. The summed E-state index contributed by atoms with van der Waals surface area (Å²) in [5, 5.41) is 10.7. The van der Waals surface area contributed by atoms with Gasteiger partial charge in [0.1, 0.15) is 17.1 Å². The molecule has 0 aliphatic heterocycles. The molecular weight excluding hydrogens is 236 g/mol. The topological polar surface area (TPSA) is 38.0 Å². The van der Waals surface area contributed by atoms with Crippen LogP contribution in [0.5, 0.6) is 0 Å². The van der Waals surface area contributed by atoms with E-state index in [4.69, 9.17) is 11.6 Å². The maximum absolute atomic E-state index is 10.1. The van der Waals surface area contributed by atoms with Crippen molar-refractivity contribution in [3.05, 3.63) is 17.2 Å². The Kier molecular flexibility index (Phi) is 4.46. The minimum absolute atomic E-state index is 0.477. The molecule has 0 spiro atoms. The molecule has 1 fully saturated rings. The first-order chi connectivity index (χ1) is 8.18. The van der Waals surface area contributed by atoms with Gasteiger partial charge in [-0.15, -0.1) is 0 Å². The Bertz CT molecular complexity index is 358. The molecule has 1 N–H and O–H groups in total. The Hall–Kier alpha value is -0.540. The second kappa shape index (κ2) is 5.87. The maximum atomic E-state index is 10.1. The van der Waals surface area contributed by atoms with Gasteiger partial charge < -0.3 is 9.67 Å². The van der Waals surface area contributed by atoms with Crippen LogP contribution in [0, 0.1) is 5.92 Å². The Balaban J connectivity index is 1.84. The zero-order valence-electron chi connectivity index (χ0n) is 10.4. The lowest BCUT2D eigenvalue weighted by Gasteiger charge is -2.22. The molecule has 0 radical (unpaired) electrons. The van der Waals surface area contributed by atoms with Gasteiger partial charge in [-0.25, -0.2) is 4.98 Å². The molecule has 0 amide bonds. The highest BCUT2D eigenvalue weighted by Gasteiger charge is 2.18. The van der Waals surface area contributed by atoms with Crippen LogP contribution >= 0.6 is 11.6 Å². The van der Waals surface area contributed by atoms with Gasteiger partial charge in [0.25, 0.3) is 0 Å². The van der Waals surface area contributed by atoms with E-state index in [1.54, 1.807) is 10.8 Å². The van der Waals surface area contributed by atoms with Crippen molar-refractivity contribution in [2.75, 3.05) is 0 Å². The highest BCUT2D eigenvalue weighted by molar-refractivity contribution is 6.29. The van der Waals surface area contributed by atoms with E-state index in [9.17, 15) is 5.11 Å². The molecule has 1 unspecified atom stereocenters. The molecule has 3 nitrogen and oxygen atoms in total. The van der Waals surface area contributed by atoms with Crippen LogP contribution in [0.2, 0.25) is 5.15 Å². The van der Waals surface area contributed by atoms with Gasteiger partial charge in [0, 0.05) is 7.05 Å². The first kappa shape index (κ1) is 12.9. The average molecular weight is 257 g/mol. The molecule has 4 heteroatoms. The minimum Gasteiger partial charge on any atom is -0.385 e. The van der Waals surface area contributed by atoms with Crippen LogP contribution in [0.1, 0.15) is 56.9 Å². The van der Waals surface area contributed by atoms with E-state index >= 15 is 0 Å². The molecule has 1 aromatic rings. The third-order valence-corrected chi connectivity index (χ3v) is 4.19. The van der Waals surface area contributed by atoms with Crippen LogP contribution in [-0.4, -0.2) is 14.7 Å². The van der Waals surface area contributed by atoms with Gasteiger partial charge in [-0.05, 0) is 18.8 Å². The normalized spacial score (nSPS) is 19.5. The van der Waals surface area contributed by atoms with Crippen LogP contribution < -0.4 is 0 Å². The van der Waals surface area contributed by atoms with Crippen molar-refractivity contribution in [1.29, 1.82) is 0 Å². The summed E-state index contributed by atoms with van der Waals surface area (Å²) in [6, 6.07) is 0. The fourth-order valence-corrected chi connectivity index (χ4v) is 2.85. The van der Waals surface area contributed by atoms with E-state index in [0.717, 1.165) is 18.8 Å². The molecule has 1 aromatic heterocycles. The highest BCUT2D eigenvalue weighted by atomic mass is 35.5. The molecule has 17 heavy (non-hydrogen) atoms. The van der Waals surface area contributed by atoms with E-state index < -0.39 is 6.10 Å². The SMILES string of the molecule is Cn1c(Cl)cnc1C(O)CCC1CCCCC1. The van der Waals surface area contributed by atoms with Gasteiger partial charge in [-0.1, -0.05) is 43.7 Å². The molecule has 0 saturated heterocycles. The second-order valence-corrected chi connectivity index (χ2v) is 5.48. The summed E-state index contributed by atoms with van der Waals surface area (Å²) in [6.45, 7) is 0. The van der Waals surface area contributed by atoms with Crippen LogP contribution in [0.25, 0.3) is 0 Å². The van der Waals surface area contributed by atoms with Crippen LogP contribution in [0.15, 0.2) is 6.20 Å². The summed E-state index contributed by atoms with van der Waals surface area (Å²) in [6.07, 6.45) is 9.77. The number of rotatable bonds is 4. The van der Waals surface area contributed by atoms with Crippen molar-refractivity contribution in [2.24, 2.45) is 13.0 Å². The van der Waals surface area contributed by atoms with E-state index in [1.807, 2.05) is 7.05 Å². The number of aromatic nitrogens is 2. The molecule has 2 rings (SSSR count). The Morgan fingerprint density at radius 3 is 2.76 bits per heavy atom. The zero-order chi connectivity index (χ0) is 12.3. The molecule has 1 heterocycles. The maximum Gasteiger partial charge on any atom is 0.138 e. The summed E-state index contributed by atoms with van der Waals surface area (Å²) in [4.78, 5) is 4.16. The predicted octanol–water partition coefficient (Wildman–Crippen LogP) is 3.47. The number of aliphatic hydroxyl groups excluding tert-OH is 1. The lowest BCUT2D eigenvalue weighted by molar-refractivity contribution is 0.139. The smallest absolute Gasteiger partial charge is 0.138 e. The Morgan fingerprint density at radius 1 is 1.47 bits per heavy atom. The molecule has 0 bridgehead atoms.